The minimum Gasteiger partial charge on any atom is -0.480 e. The normalized spacial score (nSPS) is 12.3. The maximum Gasteiger partial charge on any atom is 0.408 e. The predicted molar refractivity (Wildman–Crippen MR) is 77.6 cm³/mol. The third-order valence-electron chi connectivity index (χ3n) is 2.64. The van der Waals surface area contributed by atoms with Gasteiger partial charge in [0.25, 0.3) is 0 Å². The van der Waals surface area contributed by atoms with Crippen LogP contribution >= 0.6 is 0 Å². The van der Waals surface area contributed by atoms with Crippen molar-refractivity contribution in [1.29, 1.82) is 0 Å². The third kappa shape index (κ3) is 5.89. The number of halogens is 1. The number of nitro benzene ring substituents is 1. The first-order valence-electron chi connectivity index (χ1n) is 6.65. The Hall–Kier alpha value is -2.71. The molecule has 126 valence electrons. The van der Waals surface area contributed by atoms with E-state index in [0.717, 1.165) is 12.1 Å². The highest BCUT2D eigenvalue weighted by Gasteiger charge is 2.25. The number of nitrogens with one attached hydrogen (secondary N) is 1. The van der Waals surface area contributed by atoms with Crippen LogP contribution in [0.5, 0.6) is 0 Å². The predicted octanol–water partition coefficient (Wildman–Crippen LogP) is 2.25. The first-order chi connectivity index (χ1) is 10.5. The van der Waals surface area contributed by atoms with Gasteiger partial charge in [-0.2, -0.15) is 4.39 Å². The molecule has 0 fully saturated rings. The summed E-state index contributed by atoms with van der Waals surface area (Å²) >= 11 is 0. The number of hydrogen-bond donors (Lipinski definition) is 2. The van der Waals surface area contributed by atoms with Crippen molar-refractivity contribution in [2.45, 2.75) is 38.8 Å². The molecule has 0 aliphatic heterocycles. The van der Waals surface area contributed by atoms with Gasteiger partial charge in [-0.25, -0.2) is 9.59 Å². The molecule has 1 unspecified atom stereocenters. The van der Waals surface area contributed by atoms with Gasteiger partial charge in [-0.3, -0.25) is 10.1 Å². The van der Waals surface area contributed by atoms with E-state index in [-0.39, 0.29) is 12.0 Å². The topological polar surface area (TPSA) is 119 Å². The van der Waals surface area contributed by atoms with Crippen LogP contribution in [0.1, 0.15) is 26.3 Å². The molecule has 0 aromatic heterocycles. The maximum atomic E-state index is 13.5. The lowest BCUT2D eigenvalue weighted by molar-refractivity contribution is -0.387. The Morgan fingerprint density at radius 1 is 1.43 bits per heavy atom. The van der Waals surface area contributed by atoms with Crippen molar-refractivity contribution in [2.75, 3.05) is 0 Å². The van der Waals surface area contributed by atoms with Gasteiger partial charge in [0.15, 0.2) is 0 Å². The Kier molecular flexibility index (Phi) is 5.61. The summed E-state index contributed by atoms with van der Waals surface area (Å²) in [6.45, 7) is 4.86. The Labute approximate surface area is 131 Å². The van der Waals surface area contributed by atoms with Crippen LogP contribution in [0.25, 0.3) is 0 Å². The van der Waals surface area contributed by atoms with Crippen LogP contribution in [0.2, 0.25) is 0 Å². The molecule has 0 radical (unpaired) electrons. The Morgan fingerprint density at radius 3 is 2.48 bits per heavy atom. The number of carbonyl (C=O) groups is 2. The number of nitro groups is 1. The lowest BCUT2D eigenvalue weighted by atomic mass is 10.1. The molecular formula is C14H17FN2O6. The number of aliphatic carboxylic acids is 1. The van der Waals surface area contributed by atoms with E-state index in [1.165, 1.54) is 6.07 Å². The van der Waals surface area contributed by atoms with Crippen LogP contribution in [0.3, 0.4) is 0 Å². The summed E-state index contributed by atoms with van der Waals surface area (Å²) in [5.74, 6) is -2.41. The summed E-state index contributed by atoms with van der Waals surface area (Å²) in [6.07, 6.45) is -1.17. The minimum atomic E-state index is -1.36. The minimum absolute atomic E-state index is 0.191. The number of amides is 1. The second-order valence-corrected chi connectivity index (χ2v) is 5.78. The van der Waals surface area contributed by atoms with Gasteiger partial charge in [0, 0.05) is 12.5 Å². The van der Waals surface area contributed by atoms with E-state index in [1.807, 2.05) is 0 Å². The van der Waals surface area contributed by atoms with E-state index in [4.69, 9.17) is 9.84 Å². The number of ether oxygens (including phenoxy) is 1. The molecule has 0 aliphatic rings. The van der Waals surface area contributed by atoms with Crippen molar-refractivity contribution in [3.05, 3.63) is 39.7 Å². The first kappa shape index (κ1) is 18.3. The van der Waals surface area contributed by atoms with Crippen LogP contribution in [0.15, 0.2) is 18.2 Å². The number of carboxylic acids is 1. The number of nitrogens with zero attached hydrogens (tertiary/aromatic N) is 1. The maximum absolute atomic E-state index is 13.5. The summed E-state index contributed by atoms with van der Waals surface area (Å²) in [4.78, 5) is 32.5. The second-order valence-electron chi connectivity index (χ2n) is 5.78. The summed E-state index contributed by atoms with van der Waals surface area (Å²) in [5.41, 5.74) is -1.32. The first-order valence-corrected chi connectivity index (χ1v) is 6.65. The number of alkyl carbamates (subject to hydrolysis) is 1. The van der Waals surface area contributed by atoms with Crippen molar-refractivity contribution in [1.82, 2.24) is 5.32 Å². The molecule has 2 N–H and O–H groups in total. The summed E-state index contributed by atoms with van der Waals surface area (Å²) in [6, 6.07) is 1.68. The third-order valence-corrected chi connectivity index (χ3v) is 2.64. The molecule has 0 bridgehead atoms. The van der Waals surface area contributed by atoms with Crippen LogP contribution in [-0.2, 0) is 16.0 Å². The molecular weight excluding hydrogens is 311 g/mol. The Bertz CT molecular complexity index is 626. The molecule has 23 heavy (non-hydrogen) atoms. The lowest BCUT2D eigenvalue weighted by Gasteiger charge is -2.22. The molecule has 8 nitrogen and oxygen atoms in total. The van der Waals surface area contributed by atoms with E-state index in [1.54, 1.807) is 20.8 Å². The monoisotopic (exact) mass is 328 g/mol. The second kappa shape index (κ2) is 7.03. The van der Waals surface area contributed by atoms with Gasteiger partial charge < -0.3 is 15.2 Å². The van der Waals surface area contributed by atoms with Crippen LogP contribution in [-0.4, -0.2) is 33.7 Å². The van der Waals surface area contributed by atoms with Crippen LogP contribution < -0.4 is 5.32 Å². The molecule has 1 aromatic carbocycles. The molecule has 0 spiro atoms. The zero-order valence-electron chi connectivity index (χ0n) is 12.8. The van der Waals surface area contributed by atoms with Gasteiger partial charge in [0.1, 0.15) is 11.6 Å². The highest BCUT2D eigenvalue weighted by molar-refractivity contribution is 5.80. The Morgan fingerprint density at radius 2 is 2.04 bits per heavy atom. The molecule has 1 amide bonds. The van der Waals surface area contributed by atoms with E-state index >= 15 is 0 Å². The van der Waals surface area contributed by atoms with E-state index in [0.29, 0.717) is 0 Å². The lowest BCUT2D eigenvalue weighted by Crippen LogP contribution is -2.44. The standard InChI is InChI=1S/C14H17FN2O6/c1-14(2,3)23-13(20)16-10(12(18)19)7-8-4-5-11(17(21)22)9(15)6-8/h4-6,10H,7H2,1-3H3,(H,16,20)(H,18,19). The average Bonchev–Trinajstić information content (AvgIpc) is 2.35. The van der Waals surface area contributed by atoms with Gasteiger partial charge in [-0.05, 0) is 32.4 Å². The van der Waals surface area contributed by atoms with Gasteiger partial charge >= 0.3 is 17.7 Å². The molecule has 0 heterocycles. The van der Waals surface area contributed by atoms with Gasteiger partial charge in [-0.1, -0.05) is 6.07 Å². The Balaban J connectivity index is 2.85. The number of carboxylic acid groups (broad SMARTS) is 1. The molecule has 1 atom stereocenters. The van der Waals surface area contributed by atoms with Crippen molar-refractivity contribution in [3.8, 4) is 0 Å². The van der Waals surface area contributed by atoms with Gasteiger partial charge in [0.2, 0.25) is 5.82 Å². The fourth-order valence-electron chi connectivity index (χ4n) is 1.71. The van der Waals surface area contributed by atoms with E-state index in [2.05, 4.69) is 5.32 Å². The van der Waals surface area contributed by atoms with Crippen molar-refractivity contribution < 1.29 is 28.7 Å². The van der Waals surface area contributed by atoms with Gasteiger partial charge in [-0.15, -0.1) is 0 Å². The van der Waals surface area contributed by atoms with E-state index < -0.39 is 40.1 Å². The average molecular weight is 328 g/mol. The largest absolute Gasteiger partial charge is 0.480 e. The number of rotatable bonds is 5. The molecule has 0 aliphatic carbocycles. The zero-order chi connectivity index (χ0) is 17.8. The quantitative estimate of drug-likeness (QED) is 0.632. The number of carbonyl (C=O) groups excluding carboxylic acids is 1. The molecule has 0 saturated heterocycles. The molecule has 1 aromatic rings. The fraction of sp³-hybridized carbons (Fsp3) is 0.429. The molecule has 9 heteroatoms. The highest BCUT2D eigenvalue weighted by atomic mass is 19.1. The van der Waals surface area contributed by atoms with Crippen LogP contribution in [0.4, 0.5) is 14.9 Å². The molecule has 1 rings (SSSR count). The fourth-order valence-corrected chi connectivity index (χ4v) is 1.71. The SMILES string of the molecule is CC(C)(C)OC(=O)NC(Cc1ccc([N+](=O)[O-])c(F)c1)C(=O)O. The van der Waals surface area contributed by atoms with Crippen molar-refractivity contribution in [2.24, 2.45) is 0 Å². The van der Waals surface area contributed by atoms with Crippen molar-refractivity contribution in [3.63, 3.8) is 0 Å². The summed E-state index contributed by atoms with van der Waals surface area (Å²) < 4.78 is 18.5. The van der Waals surface area contributed by atoms with Gasteiger partial charge in [0.05, 0.1) is 4.92 Å². The highest BCUT2D eigenvalue weighted by Crippen LogP contribution is 2.19. The summed E-state index contributed by atoms with van der Waals surface area (Å²) in [7, 11) is 0. The smallest absolute Gasteiger partial charge is 0.408 e. The summed E-state index contributed by atoms with van der Waals surface area (Å²) in [5, 5.41) is 21.8. The van der Waals surface area contributed by atoms with Crippen molar-refractivity contribution >= 4 is 17.7 Å². The molecule has 0 saturated carbocycles. The number of hydrogen-bond acceptors (Lipinski definition) is 5. The number of benzene rings is 1. The zero-order valence-corrected chi connectivity index (χ0v) is 12.8. The van der Waals surface area contributed by atoms with Crippen LogP contribution in [0, 0.1) is 15.9 Å². The van der Waals surface area contributed by atoms with E-state index in [9.17, 15) is 24.1 Å².